The molecule has 0 bridgehead atoms. The van der Waals surface area contributed by atoms with E-state index in [0.29, 0.717) is 5.92 Å². The van der Waals surface area contributed by atoms with Gasteiger partial charge in [0.25, 0.3) is 0 Å². The average molecular weight is 240 g/mol. The molecule has 3 heteroatoms. The highest BCUT2D eigenvalue weighted by Gasteiger charge is 2.11. The summed E-state index contributed by atoms with van der Waals surface area (Å²) in [5, 5.41) is 3.43. The van der Waals surface area contributed by atoms with E-state index >= 15 is 0 Å². The third-order valence-electron chi connectivity index (χ3n) is 2.84. The Balaban J connectivity index is 2.45. The summed E-state index contributed by atoms with van der Waals surface area (Å²) in [6, 6.07) is 0.236. The van der Waals surface area contributed by atoms with E-state index in [-0.39, 0.29) is 6.04 Å². The second-order valence-corrected chi connectivity index (χ2v) is 6.22. The van der Waals surface area contributed by atoms with E-state index in [1.165, 1.54) is 17.1 Å². The minimum absolute atomic E-state index is 0.236. The van der Waals surface area contributed by atoms with E-state index in [9.17, 15) is 0 Å². The normalized spacial score (nSPS) is 13.7. The minimum Gasteiger partial charge on any atom is -0.327 e. The van der Waals surface area contributed by atoms with Gasteiger partial charge >= 0.3 is 0 Å². The van der Waals surface area contributed by atoms with Gasteiger partial charge in [-0.25, -0.2) is 4.98 Å². The summed E-state index contributed by atoms with van der Waals surface area (Å²) in [6.45, 7) is 8.83. The van der Waals surface area contributed by atoms with E-state index in [2.05, 4.69) is 38.1 Å². The molecule has 1 aromatic rings. The van der Waals surface area contributed by atoms with Gasteiger partial charge in [-0.05, 0) is 24.7 Å². The van der Waals surface area contributed by atoms with Gasteiger partial charge in [-0.2, -0.15) is 0 Å². The molecule has 0 spiro atoms. The number of hydrogen-bond acceptors (Lipinski definition) is 3. The smallest absolute Gasteiger partial charge is 0.0928 e. The molecule has 0 aliphatic carbocycles. The molecule has 1 atom stereocenters. The molecule has 0 saturated carbocycles. The van der Waals surface area contributed by atoms with Crippen molar-refractivity contribution in [1.82, 2.24) is 4.98 Å². The van der Waals surface area contributed by atoms with Gasteiger partial charge in [0.15, 0.2) is 0 Å². The summed E-state index contributed by atoms with van der Waals surface area (Å²) in [4.78, 5) is 4.64. The van der Waals surface area contributed by atoms with E-state index in [1.807, 2.05) is 0 Å². The van der Waals surface area contributed by atoms with Crippen LogP contribution in [0, 0.1) is 11.8 Å². The standard InChI is InChI=1S/C13H24N2S/c1-9(2)5-6-13-15-11(8-16-13)7-12(14)10(3)4/h8-10,12H,5-7,14H2,1-4H3. The molecule has 1 aromatic heterocycles. The quantitative estimate of drug-likeness (QED) is 0.829. The topological polar surface area (TPSA) is 38.9 Å². The van der Waals surface area contributed by atoms with Crippen LogP contribution in [0.3, 0.4) is 0 Å². The van der Waals surface area contributed by atoms with Crippen molar-refractivity contribution in [2.24, 2.45) is 17.6 Å². The first kappa shape index (κ1) is 13.7. The first-order valence-electron chi connectivity index (χ1n) is 6.18. The summed E-state index contributed by atoms with van der Waals surface area (Å²) < 4.78 is 0. The number of aryl methyl sites for hydroxylation is 1. The predicted octanol–water partition coefficient (Wildman–Crippen LogP) is 3.26. The lowest BCUT2D eigenvalue weighted by molar-refractivity contribution is 0.486. The van der Waals surface area contributed by atoms with Crippen LogP contribution in [0.4, 0.5) is 0 Å². The average Bonchev–Trinajstić information content (AvgIpc) is 2.62. The van der Waals surface area contributed by atoms with Crippen LogP contribution in [0.15, 0.2) is 5.38 Å². The summed E-state index contributed by atoms with van der Waals surface area (Å²) in [5.74, 6) is 1.28. The number of hydrogen-bond donors (Lipinski definition) is 1. The number of thiazole rings is 1. The van der Waals surface area contributed by atoms with Crippen LogP contribution in [-0.4, -0.2) is 11.0 Å². The fourth-order valence-corrected chi connectivity index (χ4v) is 2.27. The van der Waals surface area contributed by atoms with Gasteiger partial charge < -0.3 is 5.73 Å². The van der Waals surface area contributed by atoms with Crippen molar-refractivity contribution in [2.75, 3.05) is 0 Å². The molecule has 1 rings (SSSR count). The van der Waals surface area contributed by atoms with Crippen LogP contribution in [0.5, 0.6) is 0 Å². The van der Waals surface area contributed by atoms with Crippen molar-refractivity contribution < 1.29 is 0 Å². The molecule has 2 N–H and O–H groups in total. The van der Waals surface area contributed by atoms with Gasteiger partial charge in [0.05, 0.1) is 10.7 Å². The summed E-state index contributed by atoms with van der Waals surface area (Å²) in [5.41, 5.74) is 7.22. The SMILES string of the molecule is CC(C)CCc1nc(CC(N)C(C)C)cs1. The van der Waals surface area contributed by atoms with Crippen molar-refractivity contribution in [2.45, 2.75) is 53.0 Å². The molecule has 0 aliphatic heterocycles. The zero-order chi connectivity index (χ0) is 12.1. The summed E-state index contributed by atoms with van der Waals surface area (Å²) >= 11 is 1.78. The fourth-order valence-electron chi connectivity index (χ4n) is 1.45. The monoisotopic (exact) mass is 240 g/mol. The van der Waals surface area contributed by atoms with Crippen LogP contribution in [0.2, 0.25) is 0 Å². The molecule has 16 heavy (non-hydrogen) atoms. The van der Waals surface area contributed by atoms with Crippen molar-refractivity contribution in [3.63, 3.8) is 0 Å². The second-order valence-electron chi connectivity index (χ2n) is 5.28. The Morgan fingerprint density at radius 3 is 2.56 bits per heavy atom. The molecule has 2 nitrogen and oxygen atoms in total. The van der Waals surface area contributed by atoms with E-state index in [0.717, 1.165) is 18.8 Å². The van der Waals surface area contributed by atoms with Gasteiger partial charge in [0.1, 0.15) is 0 Å². The largest absolute Gasteiger partial charge is 0.327 e. The third-order valence-corrected chi connectivity index (χ3v) is 3.79. The lowest BCUT2D eigenvalue weighted by atomic mass is 10.0. The molecular weight excluding hydrogens is 216 g/mol. The Hall–Kier alpha value is -0.410. The van der Waals surface area contributed by atoms with E-state index < -0.39 is 0 Å². The molecule has 1 unspecified atom stereocenters. The Morgan fingerprint density at radius 1 is 1.31 bits per heavy atom. The Labute approximate surface area is 103 Å². The fraction of sp³-hybridized carbons (Fsp3) is 0.769. The lowest BCUT2D eigenvalue weighted by Crippen LogP contribution is -2.28. The zero-order valence-corrected chi connectivity index (χ0v) is 11.7. The van der Waals surface area contributed by atoms with Crippen LogP contribution in [0.25, 0.3) is 0 Å². The number of nitrogens with two attached hydrogens (primary N) is 1. The number of rotatable bonds is 6. The highest BCUT2D eigenvalue weighted by Crippen LogP contribution is 2.16. The lowest BCUT2D eigenvalue weighted by Gasteiger charge is -2.13. The highest BCUT2D eigenvalue weighted by atomic mass is 32.1. The first-order valence-corrected chi connectivity index (χ1v) is 7.06. The van der Waals surface area contributed by atoms with Gasteiger partial charge in [0.2, 0.25) is 0 Å². The summed E-state index contributed by atoms with van der Waals surface area (Å²) in [7, 11) is 0. The molecule has 92 valence electrons. The van der Waals surface area contributed by atoms with Crippen molar-refractivity contribution in [1.29, 1.82) is 0 Å². The van der Waals surface area contributed by atoms with Crippen molar-refractivity contribution >= 4 is 11.3 Å². The van der Waals surface area contributed by atoms with Crippen molar-refractivity contribution in [3.8, 4) is 0 Å². The number of aromatic nitrogens is 1. The predicted molar refractivity (Wildman–Crippen MR) is 71.8 cm³/mol. The summed E-state index contributed by atoms with van der Waals surface area (Å²) in [6.07, 6.45) is 3.25. The van der Waals surface area contributed by atoms with Crippen LogP contribution >= 0.6 is 11.3 Å². The van der Waals surface area contributed by atoms with Crippen molar-refractivity contribution in [3.05, 3.63) is 16.1 Å². The van der Waals surface area contributed by atoms with Gasteiger partial charge in [0, 0.05) is 17.8 Å². The second kappa shape index (κ2) is 6.36. The van der Waals surface area contributed by atoms with Gasteiger partial charge in [-0.1, -0.05) is 27.7 Å². The highest BCUT2D eigenvalue weighted by molar-refractivity contribution is 7.09. The molecule has 0 aromatic carbocycles. The molecule has 0 fully saturated rings. The maximum Gasteiger partial charge on any atom is 0.0928 e. The maximum atomic E-state index is 6.04. The molecule has 1 heterocycles. The molecule has 0 radical (unpaired) electrons. The Bertz CT molecular complexity index is 305. The molecule has 0 saturated heterocycles. The number of nitrogens with zero attached hydrogens (tertiary/aromatic N) is 1. The Morgan fingerprint density at radius 2 is 2.00 bits per heavy atom. The van der Waals surface area contributed by atoms with Crippen LogP contribution in [0.1, 0.15) is 44.8 Å². The Kier molecular flexibility index (Phi) is 5.42. The minimum atomic E-state index is 0.236. The first-order chi connectivity index (χ1) is 7.49. The van der Waals surface area contributed by atoms with Gasteiger partial charge in [-0.3, -0.25) is 0 Å². The van der Waals surface area contributed by atoms with Gasteiger partial charge in [-0.15, -0.1) is 11.3 Å². The molecule has 0 amide bonds. The molecular formula is C13H24N2S. The zero-order valence-electron chi connectivity index (χ0n) is 10.9. The third kappa shape index (κ3) is 4.62. The van der Waals surface area contributed by atoms with E-state index in [1.54, 1.807) is 11.3 Å². The van der Waals surface area contributed by atoms with E-state index in [4.69, 9.17) is 5.73 Å². The van der Waals surface area contributed by atoms with Crippen LogP contribution in [-0.2, 0) is 12.8 Å². The maximum absolute atomic E-state index is 6.04. The molecule has 0 aliphatic rings. The van der Waals surface area contributed by atoms with Crippen LogP contribution < -0.4 is 5.73 Å².